The van der Waals surface area contributed by atoms with Gasteiger partial charge in [0.15, 0.2) is 11.5 Å². The normalized spacial score (nSPS) is 16.2. The molecule has 2 amide bonds. The molecule has 0 bridgehead atoms. The van der Waals surface area contributed by atoms with Crippen LogP contribution in [0.3, 0.4) is 0 Å². The van der Waals surface area contributed by atoms with Gasteiger partial charge in [-0.3, -0.25) is 15.6 Å². The van der Waals surface area contributed by atoms with Crippen molar-refractivity contribution in [3.05, 3.63) is 18.5 Å². The maximum atomic E-state index is 13.0. The SMILES string of the molecule is CC(C)(C)OC(=O)NCCC1(C(=O)NNc2cnc3[nH]ccc3n2)CCCCC1. The Balaban J connectivity index is 1.57. The number of nitrogens with one attached hydrogen (secondary N) is 4. The second-order valence-electron chi connectivity index (χ2n) is 8.57. The summed E-state index contributed by atoms with van der Waals surface area (Å²) in [6.45, 7) is 5.85. The molecule has 2 aromatic heterocycles. The number of aromatic nitrogens is 3. The van der Waals surface area contributed by atoms with Gasteiger partial charge in [0.2, 0.25) is 5.91 Å². The lowest BCUT2D eigenvalue weighted by Gasteiger charge is -2.36. The molecular weight excluding hydrogens is 372 g/mol. The molecule has 3 rings (SSSR count). The zero-order valence-corrected chi connectivity index (χ0v) is 17.3. The van der Waals surface area contributed by atoms with E-state index in [1.54, 1.807) is 12.4 Å². The van der Waals surface area contributed by atoms with E-state index in [-0.39, 0.29) is 5.91 Å². The maximum absolute atomic E-state index is 13.0. The van der Waals surface area contributed by atoms with Crippen molar-refractivity contribution in [2.24, 2.45) is 5.41 Å². The van der Waals surface area contributed by atoms with Crippen molar-refractivity contribution in [2.45, 2.75) is 64.9 Å². The average Bonchev–Trinajstić information content (AvgIpc) is 3.13. The van der Waals surface area contributed by atoms with Gasteiger partial charge in [-0.1, -0.05) is 19.3 Å². The number of hydrogen-bond acceptors (Lipinski definition) is 6. The van der Waals surface area contributed by atoms with E-state index in [9.17, 15) is 9.59 Å². The third kappa shape index (κ3) is 5.58. The fourth-order valence-electron chi connectivity index (χ4n) is 3.68. The van der Waals surface area contributed by atoms with Crippen LogP contribution < -0.4 is 16.2 Å². The maximum Gasteiger partial charge on any atom is 0.407 e. The smallest absolute Gasteiger partial charge is 0.407 e. The minimum Gasteiger partial charge on any atom is -0.444 e. The quantitative estimate of drug-likeness (QED) is 0.550. The van der Waals surface area contributed by atoms with Gasteiger partial charge in [0.1, 0.15) is 11.1 Å². The first-order chi connectivity index (χ1) is 13.8. The molecule has 0 unspecified atom stereocenters. The highest BCUT2D eigenvalue weighted by Crippen LogP contribution is 2.39. The lowest BCUT2D eigenvalue weighted by molar-refractivity contribution is -0.132. The number of nitrogens with zero attached hydrogens (tertiary/aromatic N) is 2. The van der Waals surface area contributed by atoms with Crippen molar-refractivity contribution in [2.75, 3.05) is 12.0 Å². The highest BCUT2D eigenvalue weighted by Gasteiger charge is 2.39. The lowest BCUT2D eigenvalue weighted by Crippen LogP contribution is -2.46. The number of carbonyl (C=O) groups is 2. The molecule has 1 fully saturated rings. The predicted molar refractivity (Wildman–Crippen MR) is 110 cm³/mol. The number of ether oxygens (including phenoxy) is 1. The Labute approximate surface area is 170 Å². The van der Waals surface area contributed by atoms with Crippen LogP contribution in [0.15, 0.2) is 18.5 Å². The molecule has 9 heteroatoms. The fraction of sp³-hybridized carbons (Fsp3) is 0.600. The van der Waals surface area contributed by atoms with Gasteiger partial charge < -0.3 is 15.0 Å². The van der Waals surface area contributed by atoms with Crippen LogP contribution in [-0.4, -0.2) is 39.1 Å². The van der Waals surface area contributed by atoms with Crippen LogP contribution >= 0.6 is 0 Å². The molecule has 1 aliphatic carbocycles. The van der Waals surface area contributed by atoms with Crippen molar-refractivity contribution >= 4 is 29.0 Å². The zero-order valence-electron chi connectivity index (χ0n) is 17.3. The van der Waals surface area contributed by atoms with Gasteiger partial charge in [-0.05, 0) is 46.1 Å². The third-order valence-electron chi connectivity index (χ3n) is 5.13. The van der Waals surface area contributed by atoms with Gasteiger partial charge in [-0.15, -0.1) is 0 Å². The third-order valence-corrected chi connectivity index (χ3v) is 5.13. The molecule has 0 spiro atoms. The van der Waals surface area contributed by atoms with Crippen molar-refractivity contribution in [3.8, 4) is 0 Å². The largest absolute Gasteiger partial charge is 0.444 e. The van der Waals surface area contributed by atoms with Gasteiger partial charge in [0.25, 0.3) is 0 Å². The van der Waals surface area contributed by atoms with Crippen LogP contribution in [-0.2, 0) is 9.53 Å². The summed E-state index contributed by atoms with van der Waals surface area (Å²) in [6, 6.07) is 1.82. The standard InChI is InChI=1S/C20H30N6O3/c1-19(2,3)29-18(28)22-12-10-20(8-5-4-6-9-20)17(27)26-25-15-13-23-16-14(24-15)7-11-21-16/h7,11,13H,4-6,8-10,12H2,1-3H3,(H,21,23)(H,22,28)(H,24,25)(H,26,27). The Morgan fingerprint density at radius 3 is 2.72 bits per heavy atom. The second kappa shape index (κ2) is 8.67. The number of anilines is 1. The van der Waals surface area contributed by atoms with Crippen molar-refractivity contribution in [1.29, 1.82) is 0 Å². The Morgan fingerprint density at radius 2 is 2.00 bits per heavy atom. The Hall–Kier alpha value is -2.84. The molecule has 158 valence electrons. The zero-order chi connectivity index (χ0) is 20.9. The number of alkyl carbamates (subject to hydrolysis) is 1. The van der Waals surface area contributed by atoms with E-state index in [0.29, 0.717) is 24.4 Å². The van der Waals surface area contributed by atoms with E-state index in [1.165, 1.54) is 0 Å². The number of rotatable bonds is 6. The molecule has 4 N–H and O–H groups in total. The first kappa shape index (κ1) is 20.9. The number of hydrogen-bond donors (Lipinski definition) is 4. The number of aromatic amines is 1. The summed E-state index contributed by atoms with van der Waals surface area (Å²) in [5.41, 5.74) is 6.02. The van der Waals surface area contributed by atoms with Crippen LogP contribution in [0.4, 0.5) is 10.6 Å². The highest BCUT2D eigenvalue weighted by molar-refractivity contribution is 5.84. The van der Waals surface area contributed by atoms with Gasteiger partial charge in [-0.25, -0.2) is 14.8 Å². The molecule has 0 saturated heterocycles. The molecule has 1 aliphatic rings. The highest BCUT2D eigenvalue weighted by atomic mass is 16.6. The predicted octanol–water partition coefficient (Wildman–Crippen LogP) is 3.27. The number of fused-ring (bicyclic) bond motifs is 1. The van der Waals surface area contributed by atoms with E-state index >= 15 is 0 Å². The van der Waals surface area contributed by atoms with Crippen molar-refractivity contribution in [1.82, 2.24) is 25.7 Å². The van der Waals surface area contributed by atoms with Crippen LogP contribution in [0.25, 0.3) is 11.2 Å². The Bertz CT molecular complexity index is 851. The molecule has 2 heterocycles. The van der Waals surface area contributed by atoms with E-state index in [2.05, 4.69) is 31.1 Å². The molecule has 9 nitrogen and oxygen atoms in total. The van der Waals surface area contributed by atoms with Crippen molar-refractivity contribution in [3.63, 3.8) is 0 Å². The number of carbonyl (C=O) groups excluding carboxylic acids is 2. The summed E-state index contributed by atoms with van der Waals surface area (Å²) >= 11 is 0. The van der Waals surface area contributed by atoms with Gasteiger partial charge >= 0.3 is 6.09 Å². The number of hydrazine groups is 1. The van der Waals surface area contributed by atoms with E-state index in [4.69, 9.17) is 4.74 Å². The molecule has 0 aromatic carbocycles. The average molecular weight is 402 g/mol. The van der Waals surface area contributed by atoms with Crippen molar-refractivity contribution < 1.29 is 14.3 Å². The molecule has 0 radical (unpaired) electrons. The molecule has 2 aromatic rings. The number of H-pyrrole nitrogens is 1. The van der Waals surface area contributed by atoms with Gasteiger partial charge in [0, 0.05) is 12.7 Å². The fourth-order valence-corrected chi connectivity index (χ4v) is 3.68. The van der Waals surface area contributed by atoms with Crippen LogP contribution in [0.2, 0.25) is 0 Å². The molecule has 0 aliphatic heterocycles. The summed E-state index contributed by atoms with van der Waals surface area (Å²) in [5, 5.41) is 2.77. The van der Waals surface area contributed by atoms with Gasteiger partial charge in [0.05, 0.1) is 11.6 Å². The molecule has 0 atom stereocenters. The number of amides is 2. The summed E-state index contributed by atoms with van der Waals surface area (Å²) < 4.78 is 5.27. The molecule has 1 saturated carbocycles. The topological polar surface area (TPSA) is 121 Å². The van der Waals surface area contributed by atoms with E-state index in [0.717, 1.165) is 37.6 Å². The Kier molecular flexibility index (Phi) is 6.24. The second-order valence-corrected chi connectivity index (χ2v) is 8.57. The monoisotopic (exact) mass is 402 g/mol. The first-order valence-corrected chi connectivity index (χ1v) is 10.1. The summed E-state index contributed by atoms with van der Waals surface area (Å²) in [7, 11) is 0. The summed E-state index contributed by atoms with van der Waals surface area (Å²) in [6.07, 6.45) is 8.12. The van der Waals surface area contributed by atoms with E-state index in [1.807, 2.05) is 26.8 Å². The first-order valence-electron chi connectivity index (χ1n) is 10.1. The van der Waals surface area contributed by atoms with Gasteiger partial charge in [-0.2, -0.15) is 0 Å². The van der Waals surface area contributed by atoms with Crippen LogP contribution in [0.5, 0.6) is 0 Å². The molecule has 29 heavy (non-hydrogen) atoms. The summed E-state index contributed by atoms with van der Waals surface area (Å²) in [4.78, 5) is 36.6. The minimum atomic E-state index is -0.546. The lowest BCUT2D eigenvalue weighted by atomic mass is 9.71. The minimum absolute atomic E-state index is 0.0841. The molecular formula is C20H30N6O3. The Morgan fingerprint density at radius 1 is 1.24 bits per heavy atom. The van der Waals surface area contributed by atoms with Crippen LogP contribution in [0.1, 0.15) is 59.3 Å². The van der Waals surface area contributed by atoms with Crippen LogP contribution in [0, 0.1) is 5.41 Å². The van der Waals surface area contributed by atoms with E-state index < -0.39 is 17.1 Å². The summed E-state index contributed by atoms with van der Waals surface area (Å²) in [5.74, 6) is 0.391.